The molecule has 2 unspecified atom stereocenters. The number of phenolic OH excluding ortho intramolecular Hbond substituents is 1. The minimum Gasteiger partial charge on any atom is -0.508 e. The molecule has 0 spiro atoms. The fourth-order valence-corrected chi connectivity index (χ4v) is 3.17. The second kappa shape index (κ2) is 4.78. The number of aromatic hydroxyl groups is 1. The number of hydrogen-bond acceptors (Lipinski definition) is 4. The fourth-order valence-electron chi connectivity index (χ4n) is 3.17. The molecule has 4 nitrogen and oxygen atoms in total. The van der Waals surface area contributed by atoms with Crippen molar-refractivity contribution < 1.29 is 19.7 Å². The number of allylic oxidation sites excluding steroid dienone is 2. The lowest BCUT2D eigenvalue weighted by atomic mass is 9.85. The molecular formula is C18H16O4. The second-order valence-electron chi connectivity index (χ2n) is 5.73. The molecule has 4 rings (SSSR count). The third-order valence-corrected chi connectivity index (χ3v) is 4.37. The smallest absolute Gasteiger partial charge is 0.138 e. The monoisotopic (exact) mass is 296 g/mol. The van der Waals surface area contributed by atoms with Crippen LogP contribution in [0.1, 0.15) is 12.0 Å². The zero-order valence-electron chi connectivity index (χ0n) is 12.0. The Morgan fingerprint density at radius 3 is 2.86 bits per heavy atom. The Balaban J connectivity index is 1.72. The van der Waals surface area contributed by atoms with E-state index >= 15 is 0 Å². The quantitative estimate of drug-likeness (QED) is 0.833. The number of aliphatic hydroxyl groups excluding tert-OH is 1. The molecule has 3 aliphatic rings. The first kappa shape index (κ1) is 13.2. The average Bonchev–Trinajstić information content (AvgIpc) is 2.94. The molecule has 0 saturated carbocycles. The summed E-state index contributed by atoms with van der Waals surface area (Å²) >= 11 is 0. The average molecular weight is 296 g/mol. The van der Waals surface area contributed by atoms with Crippen LogP contribution in [0.15, 0.2) is 60.1 Å². The third-order valence-electron chi connectivity index (χ3n) is 4.37. The molecular weight excluding hydrogens is 280 g/mol. The van der Waals surface area contributed by atoms with Crippen molar-refractivity contribution in [2.45, 2.75) is 12.5 Å². The van der Waals surface area contributed by atoms with Crippen LogP contribution in [0.25, 0.3) is 5.57 Å². The van der Waals surface area contributed by atoms with E-state index < -0.39 is 0 Å². The van der Waals surface area contributed by atoms with Crippen LogP contribution >= 0.6 is 0 Å². The van der Waals surface area contributed by atoms with Crippen LogP contribution in [-0.4, -0.2) is 22.9 Å². The molecule has 0 bridgehead atoms. The van der Waals surface area contributed by atoms with Crippen molar-refractivity contribution in [1.29, 1.82) is 0 Å². The molecule has 2 atom stereocenters. The van der Waals surface area contributed by atoms with Crippen molar-refractivity contribution in [2.75, 3.05) is 6.61 Å². The van der Waals surface area contributed by atoms with Gasteiger partial charge in [-0.15, -0.1) is 0 Å². The van der Waals surface area contributed by atoms with E-state index in [1.54, 1.807) is 24.5 Å². The van der Waals surface area contributed by atoms with E-state index in [-0.39, 0.29) is 23.5 Å². The summed E-state index contributed by atoms with van der Waals surface area (Å²) in [5.74, 6) is 1.19. The van der Waals surface area contributed by atoms with Gasteiger partial charge in [0.15, 0.2) is 0 Å². The molecule has 1 aromatic rings. The minimum absolute atomic E-state index is 0.000754. The van der Waals surface area contributed by atoms with Gasteiger partial charge in [-0.1, -0.05) is 6.58 Å². The summed E-state index contributed by atoms with van der Waals surface area (Å²) in [4.78, 5) is 0. The first-order valence-corrected chi connectivity index (χ1v) is 7.28. The maximum Gasteiger partial charge on any atom is 0.138 e. The lowest BCUT2D eigenvalue weighted by Gasteiger charge is -2.25. The van der Waals surface area contributed by atoms with Gasteiger partial charge in [-0.3, -0.25) is 0 Å². The lowest BCUT2D eigenvalue weighted by Crippen LogP contribution is -2.19. The van der Waals surface area contributed by atoms with Gasteiger partial charge in [-0.2, -0.15) is 0 Å². The summed E-state index contributed by atoms with van der Waals surface area (Å²) < 4.78 is 11.3. The highest BCUT2D eigenvalue weighted by molar-refractivity contribution is 5.87. The van der Waals surface area contributed by atoms with E-state index in [0.717, 1.165) is 23.1 Å². The number of phenols is 1. The van der Waals surface area contributed by atoms with E-state index in [9.17, 15) is 10.2 Å². The molecule has 22 heavy (non-hydrogen) atoms. The summed E-state index contributed by atoms with van der Waals surface area (Å²) in [7, 11) is 0. The molecule has 112 valence electrons. The minimum atomic E-state index is 0.000754. The topological polar surface area (TPSA) is 58.9 Å². The van der Waals surface area contributed by atoms with Gasteiger partial charge in [0.25, 0.3) is 0 Å². The molecule has 2 heterocycles. The van der Waals surface area contributed by atoms with Crippen LogP contribution in [0.3, 0.4) is 0 Å². The van der Waals surface area contributed by atoms with Gasteiger partial charge in [0.1, 0.15) is 17.3 Å². The first-order chi connectivity index (χ1) is 10.6. The van der Waals surface area contributed by atoms with Crippen molar-refractivity contribution in [3.63, 3.8) is 0 Å². The van der Waals surface area contributed by atoms with Crippen molar-refractivity contribution in [2.24, 2.45) is 5.92 Å². The maximum atomic E-state index is 10.3. The molecule has 0 aromatic heterocycles. The SMILES string of the molecule is C=C1C(C2=CC3OCCC3C=C2O)=COc2cc(O)ccc21. The number of aliphatic hydroxyl groups is 1. The third kappa shape index (κ3) is 1.96. The Morgan fingerprint density at radius 2 is 2.00 bits per heavy atom. The summed E-state index contributed by atoms with van der Waals surface area (Å²) in [6.07, 6.45) is 6.29. The summed E-state index contributed by atoms with van der Waals surface area (Å²) in [6.45, 7) is 4.82. The Bertz CT molecular complexity index is 754. The van der Waals surface area contributed by atoms with E-state index in [0.29, 0.717) is 17.9 Å². The maximum absolute atomic E-state index is 10.3. The molecule has 1 fully saturated rings. The normalized spacial score (nSPS) is 26.4. The van der Waals surface area contributed by atoms with Crippen molar-refractivity contribution >= 4 is 5.57 Å². The van der Waals surface area contributed by atoms with Crippen molar-refractivity contribution in [3.05, 3.63) is 65.7 Å². The van der Waals surface area contributed by atoms with Crippen LogP contribution in [0, 0.1) is 5.92 Å². The van der Waals surface area contributed by atoms with E-state index in [2.05, 4.69) is 6.58 Å². The second-order valence-corrected chi connectivity index (χ2v) is 5.73. The molecule has 1 aromatic carbocycles. The largest absolute Gasteiger partial charge is 0.508 e. The summed E-state index contributed by atoms with van der Waals surface area (Å²) in [5.41, 5.74) is 2.98. The molecule has 0 amide bonds. The molecule has 1 aliphatic carbocycles. The van der Waals surface area contributed by atoms with Gasteiger partial charge in [-0.25, -0.2) is 0 Å². The zero-order chi connectivity index (χ0) is 15.3. The van der Waals surface area contributed by atoms with Gasteiger partial charge in [0.2, 0.25) is 0 Å². The van der Waals surface area contributed by atoms with Gasteiger partial charge in [-0.05, 0) is 36.3 Å². The van der Waals surface area contributed by atoms with Crippen LogP contribution in [0.2, 0.25) is 0 Å². The molecule has 1 saturated heterocycles. The van der Waals surface area contributed by atoms with Gasteiger partial charge < -0.3 is 19.7 Å². The van der Waals surface area contributed by atoms with Crippen LogP contribution < -0.4 is 4.74 Å². The van der Waals surface area contributed by atoms with Gasteiger partial charge in [0, 0.05) is 35.3 Å². The standard InChI is InChI=1S/C18H16O4/c1-10-13-3-2-12(19)7-18(13)22-9-15(10)14-8-17-11(4-5-21-17)6-16(14)20/h2-3,6-9,11,17,19-20H,1,4-5H2. The summed E-state index contributed by atoms with van der Waals surface area (Å²) in [6, 6.07) is 4.91. The highest BCUT2D eigenvalue weighted by Crippen LogP contribution is 2.42. The van der Waals surface area contributed by atoms with Crippen LogP contribution in [0.5, 0.6) is 11.5 Å². The Hall–Kier alpha value is -2.46. The van der Waals surface area contributed by atoms with E-state index in [1.807, 2.05) is 12.2 Å². The number of hydrogen-bond donors (Lipinski definition) is 2. The van der Waals surface area contributed by atoms with Gasteiger partial charge in [0.05, 0.1) is 12.4 Å². The van der Waals surface area contributed by atoms with E-state index in [4.69, 9.17) is 9.47 Å². The molecule has 0 radical (unpaired) electrons. The number of fused-ring (bicyclic) bond motifs is 2. The molecule has 2 aliphatic heterocycles. The number of benzene rings is 1. The van der Waals surface area contributed by atoms with Crippen LogP contribution in [-0.2, 0) is 4.74 Å². The zero-order valence-corrected chi connectivity index (χ0v) is 12.0. The first-order valence-electron chi connectivity index (χ1n) is 7.28. The van der Waals surface area contributed by atoms with Crippen LogP contribution in [0.4, 0.5) is 0 Å². The Morgan fingerprint density at radius 1 is 1.14 bits per heavy atom. The lowest BCUT2D eigenvalue weighted by molar-refractivity contribution is 0.132. The molecule has 2 N–H and O–H groups in total. The molecule has 4 heteroatoms. The Labute approximate surface area is 128 Å². The Kier molecular flexibility index (Phi) is 2.87. The van der Waals surface area contributed by atoms with Crippen molar-refractivity contribution in [3.8, 4) is 11.5 Å². The summed E-state index contributed by atoms with van der Waals surface area (Å²) in [5, 5.41) is 19.9. The highest BCUT2D eigenvalue weighted by Gasteiger charge is 2.32. The number of rotatable bonds is 1. The van der Waals surface area contributed by atoms with E-state index in [1.165, 1.54) is 0 Å². The predicted octanol–water partition coefficient (Wildman–Crippen LogP) is 3.47. The predicted molar refractivity (Wildman–Crippen MR) is 82.5 cm³/mol. The van der Waals surface area contributed by atoms with Crippen molar-refractivity contribution in [1.82, 2.24) is 0 Å². The van der Waals surface area contributed by atoms with Gasteiger partial charge >= 0.3 is 0 Å². The fraction of sp³-hybridized carbons (Fsp3) is 0.222. The highest BCUT2D eigenvalue weighted by atomic mass is 16.5. The number of ether oxygens (including phenoxy) is 2.